The van der Waals surface area contributed by atoms with Crippen molar-refractivity contribution >= 4 is 29.9 Å². The van der Waals surface area contributed by atoms with Crippen molar-refractivity contribution in [2.24, 2.45) is 4.99 Å². The summed E-state index contributed by atoms with van der Waals surface area (Å²) in [6.07, 6.45) is 5.37. The molecule has 3 heterocycles. The van der Waals surface area contributed by atoms with Gasteiger partial charge in [-0.25, -0.2) is 4.99 Å². The van der Waals surface area contributed by atoms with E-state index < -0.39 is 0 Å². The summed E-state index contributed by atoms with van der Waals surface area (Å²) in [5, 5.41) is 6.89. The second kappa shape index (κ2) is 7.91. The fourth-order valence-corrected chi connectivity index (χ4v) is 3.83. The van der Waals surface area contributed by atoms with Gasteiger partial charge in [0.25, 0.3) is 0 Å². The number of guanidine groups is 1. The van der Waals surface area contributed by atoms with Crippen LogP contribution >= 0.6 is 24.0 Å². The normalized spacial score (nSPS) is 30.5. The number of aliphatic imine (C=N–C) groups is 1. The summed E-state index contributed by atoms with van der Waals surface area (Å²) in [5.74, 6) is 1.89. The lowest BCUT2D eigenvalue weighted by atomic mass is 9.96. The van der Waals surface area contributed by atoms with Crippen LogP contribution in [0.15, 0.2) is 29.3 Å². The van der Waals surface area contributed by atoms with Gasteiger partial charge in [0.1, 0.15) is 11.9 Å². The minimum Gasteiger partial charge on any atom is -0.488 e. The van der Waals surface area contributed by atoms with Gasteiger partial charge >= 0.3 is 0 Å². The molecule has 4 rings (SSSR count). The Kier molecular flexibility index (Phi) is 5.86. The Hall–Kier alpha value is -1.02. The number of halogens is 1. The molecule has 2 fully saturated rings. The number of hydrogen-bond donors (Lipinski definition) is 2. The topological polar surface area (TPSA) is 54.9 Å². The number of nitrogens with zero attached hydrogens (tertiary/aromatic N) is 1. The summed E-state index contributed by atoms with van der Waals surface area (Å²) in [5.41, 5.74) is 1.28. The third-order valence-electron chi connectivity index (χ3n) is 4.94. The second-order valence-electron chi connectivity index (χ2n) is 6.63. The molecule has 0 saturated carbocycles. The molecule has 0 radical (unpaired) electrons. The first-order valence-electron chi connectivity index (χ1n) is 8.76. The SMILES string of the molecule is CCNC(=NCC1Cc2ccccc2O1)NC1CC2CCC1O2.I. The highest BCUT2D eigenvalue weighted by Crippen LogP contribution is 2.34. The van der Waals surface area contributed by atoms with Crippen LogP contribution in [0.2, 0.25) is 0 Å². The number of fused-ring (bicyclic) bond motifs is 3. The zero-order chi connectivity index (χ0) is 15.6. The van der Waals surface area contributed by atoms with Gasteiger partial charge in [-0.15, -0.1) is 24.0 Å². The van der Waals surface area contributed by atoms with Crippen molar-refractivity contribution in [1.82, 2.24) is 10.6 Å². The molecule has 3 aliphatic heterocycles. The fourth-order valence-electron chi connectivity index (χ4n) is 3.83. The Morgan fingerprint density at radius 2 is 2.17 bits per heavy atom. The minimum atomic E-state index is 0. The highest BCUT2D eigenvalue weighted by molar-refractivity contribution is 14.0. The Morgan fingerprint density at radius 3 is 2.88 bits per heavy atom. The first kappa shape index (κ1) is 17.8. The van der Waals surface area contributed by atoms with Gasteiger partial charge in [-0.05, 0) is 37.8 Å². The molecule has 24 heavy (non-hydrogen) atoms. The van der Waals surface area contributed by atoms with Crippen molar-refractivity contribution < 1.29 is 9.47 Å². The molecule has 2 bridgehead atoms. The van der Waals surface area contributed by atoms with Crippen LogP contribution in [0.4, 0.5) is 0 Å². The van der Waals surface area contributed by atoms with Crippen LogP contribution in [0, 0.1) is 0 Å². The standard InChI is InChI=1S/C18H25N3O2.HI/c1-2-19-18(21-15-10-13-7-8-17(15)22-13)20-11-14-9-12-5-3-4-6-16(12)23-14;/h3-6,13-15,17H,2,7-11H2,1H3,(H2,19,20,21);1H. The van der Waals surface area contributed by atoms with Crippen molar-refractivity contribution in [2.45, 2.75) is 57.0 Å². The molecule has 2 saturated heterocycles. The molecule has 0 spiro atoms. The number of para-hydroxylation sites is 1. The smallest absolute Gasteiger partial charge is 0.191 e. The molecule has 1 aromatic carbocycles. The molecule has 4 unspecified atom stereocenters. The maximum absolute atomic E-state index is 5.97. The van der Waals surface area contributed by atoms with E-state index in [0.717, 1.165) is 31.1 Å². The summed E-state index contributed by atoms with van der Waals surface area (Å²) >= 11 is 0. The number of rotatable bonds is 4. The molecule has 4 atom stereocenters. The van der Waals surface area contributed by atoms with Gasteiger partial charge in [0.05, 0.1) is 24.8 Å². The predicted octanol–water partition coefficient (Wildman–Crippen LogP) is 2.48. The summed E-state index contributed by atoms with van der Waals surface area (Å²) in [6, 6.07) is 8.65. The van der Waals surface area contributed by atoms with E-state index in [1.165, 1.54) is 18.4 Å². The predicted molar refractivity (Wildman–Crippen MR) is 105 cm³/mol. The molecule has 6 heteroatoms. The molecular formula is C18H26IN3O2. The Bertz CT molecular complexity index is 570. The van der Waals surface area contributed by atoms with E-state index in [4.69, 9.17) is 14.5 Å². The average molecular weight is 443 g/mol. The summed E-state index contributed by atoms with van der Waals surface area (Å²) in [7, 11) is 0. The van der Waals surface area contributed by atoms with Crippen LogP contribution in [0.5, 0.6) is 5.75 Å². The lowest BCUT2D eigenvalue weighted by Crippen LogP contribution is -2.47. The molecule has 2 N–H and O–H groups in total. The van der Waals surface area contributed by atoms with Crippen LogP contribution < -0.4 is 15.4 Å². The van der Waals surface area contributed by atoms with E-state index in [-0.39, 0.29) is 30.1 Å². The van der Waals surface area contributed by atoms with E-state index >= 15 is 0 Å². The van der Waals surface area contributed by atoms with Crippen molar-refractivity contribution in [3.05, 3.63) is 29.8 Å². The molecule has 3 aliphatic rings. The van der Waals surface area contributed by atoms with Gasteiger partial charge in [-0.1, -0.05) is 18.2 Å². The molecule has 0 aromatic heterocycles. The number of nitrogens with one attached hydrogen (secondary N) is 2. The Morgan fingerprint density at radius 1 is 1.29 bits per heavy atom. The molecular weight excluding hydrogens is 417 g/mol. The van der Waals surface area contributed by atoms with Crippen LogP contribution in [-0.2, 0) is 11.2 Å². The number of ether oxygens (including phenoxy) is 2. The fraction of sp³-hybridized carbons (Fsp3) is 0.611. The van der Waals surface area contributed by atoms with E-state index in [2.05, 4.69) is 29.7 Å². The lowest BCUT2D eigenvalue weighted by molar-refractivity contribution is 0.0992. The van der Waals surface area contributed by atoms with Gasteiger partial charge in [0, 0.05) is 13.0 Å². The highest BCUT2D eigenvalue weighted by atomic mass is 127. The molecule has 132 valence electrons. The van der Waals surface area contributed by atoms with E-state index in [1.807, 2.05) is 12.1 Å². The van der Waals surface area contributed by atoms with Crippen LogP contribution in [0.25, 0.3) is 0 Å². The van der Waals surface area contributed by atoms with Gasteiger partial charge in [-0.3, -0.25) is 0 Å². The highest BCUT2D eigenvalue weighted by Gasteiger charge is 2.41. The molecule has 5 nitrogen and oxygen atoms in total. The minimum absolute atomic E-state index is 0. The van der Waals surface area contributed by atoms with Crippen LogP contribution in [0.1, 0.15) is 31.7 Å². The van der Waals surface area contributed by atoms with E-state index in [9.17, 15) is 0 Å². The zero-order valence-corrected chi connectivity index (χ0v) is 16.4. The number of benzene rings is 1. The lowest BCUT2D eigenvalue weighted by Gasteiger charge is -2.23. The Labute approximate surface area is 160 Å². The maximum Gasteiger partial charge on any atom is 0.191 e. The molecule has 0 aliphatic carbocycles. The van der Waals surface area contributed by atoms with Crippen LogP contribution in [-0.4, -0.2) is 43.4 Å². The Balaban J connectivity index is 0.00000169. The quantitative estimate of drug-likeness (QED) is 0.427. The maximum atomic E-state index is 5.97. The van der Waals surface area contributed by atoms with Crippen LogP contribution in [0.3, 0.4) is 0 Å². The van der Waals surface area contributed by atoms with Crippen molar-refractivity contribution in [2.75, 3.05) is 13.1 Å². The molecule has 0 amide bonds. The largest absolute Gasteiger partial charge is 0.488 e. The molecule has 1 aromatic rings. The first-order chi connectivity index (χ1) is 11.3. The van der Waals surface area contributed by atoms with E-state index in [1.54, 1.807) is 0 Å². The monoisotopic (exact) mass is 443 g/mol. The van der Waals surface area contributed by atoms with Crippen molar-refractivity contribution in [3.8, 4) is 5.75 Å². The first-order valence-corrected chi connectivity index (χ1v) is 8.76. The van der Waals surface area contributed by atoms with Gasteiger partial charge in [-0.2, -0.15) is 0 Å². The third-order valence-corrected chi connectivity index (χ3v) is 4.94. The van der Waals surface area contributed by atoms with Crippen molar-refractivity contribution in [1.29, 1.82) is 0 Å². The third kappa shape index (κ3) is 3.79. The second-order valence-corrected chi connectivity index (χ2v) is 6.63. The summed E-state index contributed by atoms with van der Waals surface area (Å²) in [4.78, 5) is 4.74. The summed E-state index contributed by atoms with van der Waals surface area (Å²) in [6.45, 7) is 3.63. The van der Waals surface area contributed by atoms with Gasteiger partial charge < -0.3 is 20.1 Å². The average Bonchev–Trinajstić information content (AvgIpc) is 3.27. The van der Waals surface area contributed by atoms with Crippen molar-refractivity contribution in [3.63, 3.8) is 0 Å². The number of hydrogen-bond acceptors (Lipinski definition) is 3. The zero-order valence-electron chi connectivity index (χ0n) is 14.0. The van der Waals surface area contributed by atoms with E-state index in [0.29, 0.717) is 24.8 Å². The summed E-state index contributed by atoms with van der Waals surface area (Å²) < 4.78 is 11.9. The van der Waals surface area contributed by atoms with Gasteiger partial charge in [0.2, 0.25) is 0 Å². The van der Waals surface area contributed by atoms with Gasteiger partial charge in [0.15, 0.2) is 5.96 Å².